The fourth-order valence-electron chi connectivity index (χ4n) is 1.59. The zero-order chi connectivity index (χ0) is 11.7. The summed E-state index contributed by atoms with van der Waals surface area (Å²) in [6, 6.07) is 1.91. The van der Waals surface area contributed by atoms with E-state index in [0.29, 0.717) is 12.8 Å². The van der Waals surface area contributed by atoms with E-state index in [1.807, 2.05) is 11.1 Å². The van der Waals surface area contributed by atoms with Crippen molar-refractivity contribution in [2.24, 2.45) is 0 Å². The summed E-state index contributed by atoms with van der Waals surface area (Å²) in [6.45, 7) is 0. The predicted molar refractivity (Wildman–Crippen MR) is 50.0 cm³/mol. The van der Waals surface area contributed by atoms with Crippen LogP contribution in [0.2, 0.25) is 0 Å². The highest BCUT2D eigenvalue weighted by Crippen LogP contribution is 2.26. The number of hydrogen-bond acceptors (Lipinski definition) is 4. The largest absolute Gasteiger partial charge is 0.340 e. The molecule has 1 aliphatic rings. The van der Waals surface area contributed by atoms with Crippen LogP contribution in [0.15, 0.2) is 15.8 Å². The highest BCUT2D eigenvalue weighted by Gasteiger charge is 2.27. The number of halogens is 1. The molecule has 0 aliphatic carbocycles. The van der Waals surface area contributed by atoms with E-state index >= 15 is 0 Å². The number of H-pyrrole nitrogens is 1. The first-order chi connectivity index (χ1) is 7.61. The van der Waals surface area contributed by atoms with Crippen molar-refractivity contribution in [2.75, 3.05) is 0 Å². The van der Waals surface area contributed by atoms with E-state index in [2.05, 4.69) is 0 Å². The summed E-state index contributed by atoms with van der Waals surface area (Å²) in [5.74, 6) is -1.05. The molecule has 0 spiro atoms. The van der Waals surface area contributed by atoms with Gasteiger partial charge in [-0.05, 0) is 12.8 Å². The van der Waals surface area contributed by atoms with Gasteiger partial charge >= 0.3 is 5.69 Å². The van der Waals surface area contributed by atoms with Gasteiger partial charge in [0, 0.05) is 0 Å². The van der Waals surface area contributed by atoms with Crippen molar-refractivity contribution < 1.29 is 9.13 Å². The van der Waals surface area contributed by atoms with Crippen LogP contribution >= 0.6 is 0 Å². The topological polar surface area (TPSA) is 87.9 Å². The van der Waals surface area contributed by atoms with Crippen LogP contribution in [-0.4, -0.2) is 15.7 Å². The number of hydrogen-bond donors (Lipinski definition) is 1. The van der Waals surface area contributed by atoms with Crippen LogP contribution in [0.4, 0.5) is 4.39 Å². The summed E-state index contributed by atoms with van der Waals surface area (Å²) in [7, 11) is 0. The third-order valence-electron chi connectivity index (χ3n) is 2.38. The number of nitrogens with zero attached hydrogens (tertiary/aromatic N) is 2. The third-order valence-corrected chi connectivity index (χ3v) is 2.38. The fourth-order valence-corrected chi connectivity index (χ4v) is 1.59. The molecule has 84 valence electrons. The zero-order valence-corrected chi connectivity index (χ0v) is 8.14. The molecule has 7 heteroatoms. The summed E-state index contributed by atoms with van der Waals surface area (Å²) in [5.41, 5.74) is -1.80. The van der Waals surface area contributed by atoms with Gasteiger partial charge in [-0.25, -0.2) is 4.79 Å². The summed E-state index contributed by atoms with van der Waals surface area (Å²) < 4.78 is 19.1. The minimum atomic E-state index is -1.06. The molecule has 1 aromatic rings. The minimum Gasteiger partial charge on any atom is -0.340 e. The first kappa shape index (κ1) is 10.6. The molecule has 2 rings (SSSR count). The molecule has 6 nitrogen and oxygen atoms in total. The van der Waals surface area contributed by atoms with Crippen LogP contribution in [0.3, 0.4) is 0 Å². The van der Waals surface area contributed by atoms with E-state index in [0.717, 1.165) is 10.8 Å². The van der Waals surface area contributed by atoms with Crippen LogP contribution in [-0.2, 0) is 4.74 Å². The molecule has 2 heterocycles. The first-order valence-corrected chi connectivity index (χ1v) is 4.68. The molecular weight excluding hydrogens is 217 g/mol. The second-order valence-electron chi connectivity index (χ2n) is 3.43. The van der Waals surface area contributed by atoms with Gasteiger partial charge in [-0.2, -0.15) is 9.65 Å². The Bertz CT molecular complexity index is 556. The molecule has 1 fully saturated rings. The van der Waals surface area contributed by atoms with Gasteiger partial charge < -0.3 is 4.74 Å². The van der Waals surface area contributed by atoms with Gasteiger partial charge in [0.15, 0.2) is 0 Å². The monoisotopic (exact) mass is 225 g/mol. The lowest BCUT2D eigenvalue weighted by Gasteiger charge is -2.12. The number of ether oxygens (including phenoxy) is 1. The lowest BCUT2D eigenvalue weighted by atomic mass is 10.2. The molecule has 0 amide bonds. The van der Waals surface area contributed by atoms with Gasteiger partial charge in [0.05, 0.1) is 12.3 Å². The van der Waals surface area contributed by atoms with Crippen LogP contribution in [0.25, 0.3) is 0 Å². The SMILES string of the molecule is N#CC1CCC(n2cc(F)c(=O)[nH]c2=O)O1. The Morgan fingerprint density at radius 2 is 2.31 bits per heavy atom. The summed E-state index contributed by atoms with van der Waals surface area (Å²) >= 11 is 0. The standard InChI is InChI=1S/C9H8FN3O3/c10-6-4-13(9(15)12-8(6)14)7-2-1-5(3-11)16-7/h4-5,7H,1-2H2,(H,12,14,15). The smallest absolute Gasteiger partial charge is 0.330 e. The Balaban J connectivity index is 2.36. The van der Waals surface area contributed by atoms with Gasteiger partial charge in [0.1, 0.15) is 12.3 Å². The zero-order valence-electron chi connectivity index (χ0n) is 8.14. The lowest BCUT2D eigenvalue weighted by molar-refractivity contribution is 0.0227. The molecule has 0 radical (unpaired) electrons. The molecule has 1 aliphatic heterocycles. The van der Waals surface area contributed by atoms with Gasteiger partial charge in [-0.3, -0.25) is 14.3 Å². The normalized spacial score (nSPS) is 24.2. The average Bonchev–Trinajstić information content (AvgIpc) is 2.71. The van der Waals surface area contributed by atoms with E-state index < -0.39 is 29.4 Å². The van der Waals surface area contributed by atoms with Gasteiger partial charge in [0.2, 0.25) is 5.82 Å². The highest BCUT2D eigenvalue weighted by molar-refractivity contribution is 4.93. The van der Waals surface area contributed by atoms with Gasteiger partial charge in [-0.15, -0.1) is 0 Å². The Labute approximate surface area is 88.9 Å². The molecule has 0 saturated carbocycles. The average molecular weight is 225 g/mol. The van der Waals surface area contributed by atoms with E-state index in [4.69, 9.17) is 10.00 Å². The second-order valence-corrected chi connectivity index (χ2v) is 3.43. The highest BCUT2D eigenvalue weighted by atomic mass is 19.1. The Morgan fingerprint density at radius 1 is 1.56 bits per heavy atom. The van der Waals surface area contributed by atoms with Crippen molar-refractivity contribution in [2.45, 2.75) is 25.2 Å². The van der Waals surface area contributed by atoms with Gasteiger partial charge in [0.25, 0.3) is 5.56 Å². The molecular formula is C9H8FN3O3. The van der Waals surface area contributed by atoms with E-state index in [9.17, 15) is 14.0 Å². The van der Waals surface area contributed by atoms with Crippen LogP contribution in [0.5, 0.6) is 0 Å². The number of nitrogens with one attached hydrogen (secondary N) is 1. The molecule has 1 N–H and O–H groups in total. The maximum Gasteiger partial charge on any atom is 0.330 e. The van der Waals surface area contributed by atoms with Crippen molar-refractivity contribution in [3.8, 4) is 6.07 Å². The number of rotatable bonds is 1. The second kappa shape index (κ2) is 3.90. The Morgan fingerprint density at radius 3 is 2.94 bits per heavy atom. The summed E-state index contributed by atoms with van der Waals surface area (Å²) in [5, 5.41) is 8.60. The van der Waals surface area contributed by atoms with E-state index in [-0.39, 0.29) is 0 Å². The summed E-state index contributed by atoms with van der Waals surface area (Å²) in [4.78, 5) is 24.0. The molecule has 1 aromatic heterocycles. The van der Waals surface area contributed by atoms with Crippen molar-refractivity contribution >= 4 is 0 Å². The number of aromatic amines is 1. The lowest BCUT2D eigenvalue weighted by Crippen LogP contribution is -2.33. The molecule has 1 saturated heterocycles. The number of aromatic nitrogens is 2. The number of nitriles is 1. The van der Waals surface area contributed by atoms with Crippen molar-refractivity contribution in [3.63, 3.8) is 0 Å². The molecule has 0 bridgehead atoms. The van der Waals surface area contributed by atoms with Gasteiger partial charge in [-0.1, -0.05) is 0 Å². The summed E-state index contributed by atoms with van der Waals surface area (Å²) in [6.07, 6.45) is 0.430. The van der Waals surface area contributed by atoms with Crippen molar-refractivity contribution in [1.82, 2.24) is 9.55 Å². The minimum absolute atomic E-state index is 0.434. The maximum atomic E-state index is 13.0. The van der Waals surface area contributed by atoms with Crippen LogP contribution in [0, 0.1) is 17.1 Å². The third kappa shape index (κ3) is 1.75. The molecule has 2 unspecified atom stereocenters. The van der Waals surface area contributed by atoms with Crippen LogP contribution in [0.1, 0.15) is 19.1 Å². The maximum absolute atomic E-state index is 13.0. The Kier molecular flexibility index (Phi) is 2.58. The van der Waals surface area contributed by atoms with Crippen molar-refractivity contribution in [3.05, 3.63) is 32.9 Å². The first-order valence-electron chi connectivity index (χ1n) is 4.68. The van der Waals surface area contributed by atoms with Crippen molar-refractivity contribution in [1.29, 1.82) is 5.26 Å². The predicted octanol–water partition coefficient (Wildman–Crippen LogP) is -0.123. The molecule has 2 atom stereocenters. The molecule has 0 aromatic carbocycles. The van der Waals surface area contributed by atoms with E-state index in [1.165, 1.54) is 0 Å². The van der Waals surface area contributed by atoms with E-state index in [1.54, 1.807) is 0 Å². The quantitative estimate of drug-likeness (QED) is 0.721. The van der Waals surface area contributed by atoms with Crippen LogP contribution < -0.4 is 11.2 Å². The molecule has 16 heavy (non-hydrogen) atoms. The Hall–Kier alpha value is -1.94. The fraction of sp³-hybridized carbons (Fsp3) is 0.444.